The third-order valence-electron chi connectivity index (χ3n) is 7.23. The Morgan fingerprint density at radius 2 is 1.85 bits per heavy atom. The number of fused-ring (bicyclic) bond motifs is 3. The molecule has 6 atom stereocenters. The van der Waals surface area contributed by atoms with E-state index in [1.54, 1.807) is 0 Å². The van der Waals surface area contributed by atoms with Crippen LogP contribution in [0.1, 0.15) is 71.6 Å². The molecule has 0 aromatic heterocycles. The summed E-state index contributed by atoms with van der Waals surface area (Å²) in [6, 6.07) is 1.60. The van der Waals surface area contributed by atoms with Crippen LogP contribution in [0.2, 0.25) is 0 Å². The van der Waals surface area contributed by atoms with Crippen molar-refractivity contribution >= 4 is 0 Å². The lowest BCUT2D eigenvalue weighted by molar-refractivity contribution is 0.00910. The third kappa shape index (κ3) is 2.14. The van der Waals surface area contributed by atoms with Crippen molar-refractivity contribution in [3.05, 3.63) is 0 Å². The van der Waals surface area contributed by atoms with Crippen LogP contribution >= 0.6 is 0 Å². The van der Waals surface area contributed by atoms with Gasteiger partial charge in [-0.3, -0.25) is 0 Å². The van der Waals surface area contributed by atoms with Gasteiger partial charge in [0.25, 0.3) is 0 Å². The Labute approximate surface area is 125 Å². The average Bonchev–Trinajstić information content (AvgIpc) is 2.87. The second kappa shape index (κ2) is 5.96. The maximum absolute atomic E-state index is 6.04. The average molecular weight is 278 g/mol. The molecule has 3 rings (SSSR count). The van der Waals surface area contributed by atoms with E-state index in [0.717, 1.165) is 36.4 Å². The van der Waals surface area contributed by atoms with E-state index in [1.165, 1.54) is 57.8 Å². The van der Waals surface area contributed by atoms with Crippen LogP contribution in [0, 0.1) is 23.2 Å². The molecule has 2 aliphatic carbocycles. The number of hydrogen-bond donors (Lipinski definition) is 2. The van der Waals surface area contributed by atoms with Gasteiger partial charge in [0.2, 0.25) is 0 Å². The molecular formula is C18H34N2. The maximum atomic E-state index is 6.04. The summed E-state index contributed by atoms with van der Waals surface area (Å²) < 4.78 is 0. The molecule has 2 nitrogen and oxygen atoms in total. The van der Waals surface area contributed by atoms with Crippen molar-refractivity contribution in [2.24, 2.45) is 28.9 Å². The molecule has 20 heavy (non-hydrogen) atoms. The summed E-state index contributed by atoms with van der Waals surface area (Å²) >= 11 is 0. The SMILES string of the molecule is CCC1CCC2C3CCCCC3NC2C1(CC)CCN. The zero-order valence-corrected chi connectivity index (χ0v) is 13.5. The Balaban J connectivity index is 1.88. The van der Waals surface area contributed by atoms with Crippen LogP contribution in [0.15, 0.2) is 0 Å². The van der Waals surface area contributed by atoms with E-state index in [-0.39, 0.29) is 0 Å². The fraction of sp³-hybridized carbons (Fsp3) is 1.00. The van der Waals surface area contributed by atoms with Crippen LogP contribution in [-0.2, 0) is 0 Å². The van der Waals surface area contributed by atoms with Crippen LogP contribution in [0.5, 0.6) is 0 Å². The van der Waals surface area contributed by atoms with Crippen molar-refractivity contribution in [2.75, 3.05) is 6.54 Å². The Morgan fingerprint density at radius 3 is 2.55 bits per heavy atom. The normalized spacial score (nSPS) is 47.9. The van der Waals surface area contributed by atoms with Crippen molar-refractivity contribution in [1.29, 1.82) is 0 Å². The molecule has 1 heterocycles. The topological polar surface area (TPSA) is 38.0 Å². The summed E-state index contributed by atoms with van der Waals surface area (Å²) in [5, 5.41) is 4.13. The van der Waals surface area contributed by atoms with Gasteiger partial charge in [-0.05, 0) is 68.2 Å². The van der Waals surface area contributed by atoms with Crippen molar-refractivity contribution in [3.63, 3.8) is 0 Å². The van der Waals surface area contributed by atoms with Gasteiger partial charge in [0.15, 0.2) is 0 Å². The lowest BCUT2D eigenvalue weighted by atomic mass is 9.55. The Bertz CT molecular complexity index is 329. The van der Waals surface area contributed by atoms with Gasteiger partial charge in [0, 0.05) is 12.1 Å². The fourth-order valence-corrected chi connectivity index (χ4v) is 6.31. The van der Waals surface area contributed by atoms with Gasteiger partial charge >= 0.3 is 0 Å². The fourth-order valence-electron chi connectivity index (χ4n) is 6.31. The third-order valence-corrected chi connectivity index (χ3v) is 7.23. The highest BCUT2D eigenvalue weighted by Crippen LogP contribution is 2.56. The van der Waals surface area contributed by atoms with Gasteiger partial charge in [0.1, 0.15) is 0 Å². The van der Waals surface area contributed by atoms with E-state index in [9.17, 15) is 0 Å². The first-order chi connectivity index (χ1) is 9.76. The Morgan fingerprint density at radius 1 is 1.05 bits per heavy atom. The number of nitrogens with one attached hydrogen (secondary N) is 1. The lowest BCUT2D eigenvalue weighted by Crippen LogP contribution is -2.54. The molecule has 2 heteroatoms. The minimum absolute atomic E-state index is 0.490. The molecule has 2 saturated carbocycles. The summed E-state index contributed by atoms with van der Waals surface area (Å²) in [5.74, 6) is 2.83. The summed E-state index contributed by atoms with van der Waals surface area (Å²) in [4.78, 5) is 0. The van der Waals surface area contributed by atoms with Crippen molar-refractivity contribution < 1.29 is 0 Å². The predicted molar refractivity (Wildman–Crippen MR) is 85.6 cm³/mol. The molecule has 116 valence electrons. The van der Waals surface area contributed by atoms with Gasteiger partial charge in [0.05, 0.1) is 0 Å². The zero-order chi connectivity index (χ0) is 14.2. The molecule has 0 aromatic carbocycles. The first-order valence-electron chi connectivity index (χ1n) is 9.23. The summed E-state index contributed by atoms with van der Waals surface area (Å²) in [6.45, 7) is 5.68. The quantitative estimate of drug-likeness (QED) is 0.823. The zero-order valence-electron chi connectivity index (χ0n) is 13.5. The summed E-state index contributed by atoms with van der Waals surface area (Å²) in [7, 11) is 0. The number of rotatable bonds is 4. The van der Waals surface area contributed by atoms with Gasteiger partial charge in [-0.25, -0.2) is 0 Å². The van der Waals surface area contributed by atoms with E-state index < -0.39 is 0 Å². The monoisotopic (exact) mass is 278 g/mol. The smallest absolute Gasteiger partial charge is 0.0161 e. The van der Waals surface area contributed by atoms with Gasteiger partial charge in [-0.1, -0.05) is 33.1 Å². The molecule has 0 radical (unpaired) electrons. The Hall–Kier alpha value is -0.0800. The molecule has 0 aromatic rings. The van der Waals surface area contributed by atoms with E-state index in [2.05, 4.69) is 19.2 Å². The molecule has 0 spiro atoms. The molecule has 1 aliphatic heterocycles. The minimum atomic E-state index is 0.490. The standard InChI is InChI=1S/C18H34N2/c1-3-13-9-10-15-14-7-5-6-8-16(14)20-17(15)18(13,4-2)11-12-19/h13-17,20H,3-12,19H2,1-2H3. The van der Waals surface area contributed by atoms with E-state index in [4.69, 9.17) is 5.73 Å². The Kier molecular flexibility index (Phi) is 4.42. The molecule has 0 bridgehead atoms. The van der Waals surface area contributed by atoms with E-state index >= 15 is 0 Å². The van der Waals surface area contributed by atoms with Crippen LogP contribution in [0.4, 0.5) is 0 Å². The van der Waals surface area contributed by atoms with Crippen LogP contribution in [-0.4, -0.2) is 18.6 Å². The molecule has 3 aliphatic rings. The number of nitrogens with two attached hydrogens (primary N) is 1. The summed E-state index contributed by atoms with van der Waals surface area (Å²) in [5.41, 5.74) is 6.53. The highest BCUT2D eigenvalue weighted by molar-refractivity contribution is 5.10. The highest BCUT2D eigenvalue weighted by Gasteiger charge is 2.56. The molecule has 3 fully saturated rings. The van der Waals surface area contributed by atoms with Crippen molar-refractivity contribution in [3.8, 4) is 0 Å². The highest BCUT2D eigenvalue weighted by atomic mass is 15.0. The van der Waals surface area contributed by atoms with Crippen molar-refractivity contribution in [2.45, 2.75) is 83.7 Å². The lowest BCUT2D eigenvalue weighted by Gasteiger charge is -2.51. The molecular weight excluding hydrogens is 244 g/mol. The maximum Gasteiger partial charge on any atom is 0.0161 e. The molecule has 0 amide bonds. The van der Waals surface area contributed by atoms with Gasteiger partial charge < -0.3 is 11.1 Å². The largest absolute Gasteiger partial charge is 0.330 e. The van der Waals surface area contributed by atoms with Crippen LogP contribution in [0.25, 0.3) is 0 Å². The number of hydrogen-bond acceptors (Lipinski definition) is 2. The van der Waals surface area contributed by atoms with Crippen molar-refractivity contribution in [1.82, 2.24) is 5.32 Å². The van der Waals surface area contributed by atoms with Crippen LogP contribution in [0.3, 0.4) is 0 Å². The molecule has 6 unspecified atom stereocenters. The van der Waals surface area contributed by atoms with Gasteiger partial charge in [-0.15, -0.1) is 0 Å². The molecule has 1 saturated heterocycles. The van der Waals surface area contributed by atoms with E-state index in [1.807, 2.05) is 0 Å². The summed E-state index contributed by atoms with van der Waals surface area (Å²) in [6.07, 6.45) is 12.6. The van der Waals surface area contributed by atoms with E-state index in [0.29, 0.717) is 5.41 Å². The molecule has 3 N–H and O–H groups in total. The van der Waals surface area contributed by atoms with Crippen LogP contribution < -0.4 is 11.1 Å². The first-order valence-corrected chi connectivity index (χ1v) is 9.23. The predicted octanol–water partition coefficient (Wildman–Crippen LogP) is 3.70. The second-order valence-electron chi connectivity index (χ2n) is 7.67. The first kappa shape index (κ1) is 14.8. The second-order valence-corrected chi connectivity index (χ2v) is 7.67. The minimum Gasteiger partial charge on any atom is -0.330 e. The van der Waals surface area contributed by atoms with Gasteiger partial charge in [-0.2, -0.15) is 0 Å².